The van der Waals surface area contributed by atoms with Crippen molar-refractivity contribution in [1.29, 1.82) is 0 Å². The van der Waals surface area contributed by atoms with E-state index in [0.717, 1.165) is 10.6 Å². The van der Waals surface area contributed by atoms with Crippen LogP contribution in [0.3, 0.4) is 0 Å². The van der Waals surface area contributed by atoms with Gasteiger partial charge in [-0.3, -0.25) is 4.79 Å². The number of carbonyl (C=O) groups is 1. The maximum atomic E-state index is 10.8. The first-order valence-electron chi connectivity index (χ1n) is 6.03. The molecule has 4 nitrogen and oxygen atoms in total. The standard InChI is InChI=1S/C14H16N2O2S/c1-8(2)9-3-5-10(6-4-9)13-16-11(7-19-13)12(15)14(17)18/h3-8,12H,15H2,1-2H3,(H,17,18). The minimum atomic E-state index is -1.06. The van der Waals surface area contributed by atoms with Crippen LogP contribution >= 0.6 is 11.3 Å². The highest BCUT2D eigenvalue weighted by Gasteiger charge is 2.18. The lowest BCUT2D eigenvalue weighted by Crippen LogP contribution is -2.20. The van der Waals surface area contributed by atoms with E-state index in [0.29, 0.717) is 11.6 Å². The topological polar surface area (TPSA) is 76.2 Å². The summed E-state index contributed by atoms with van der Waals surface area (Å²) in [4.78, 5) is 15.1. The average molecular weight is 276 g/mol. The van der Waals surface area contributed by atoms with E-state index in [1.807, 2.05) is 12.1 Å². The molecular weight excluding hydrogens is 260 g/mol. The van der Waals surface area contributed by atoms with E-state index in [-0.39, 0.29) is 0 Å². The average Bonchev–Trinajstić information content (AvgIpc) is 2.87. The summed E-state index contributed by atoms with van der Waals surface area (Å²) >= 11 is 1.41. The maximum Gasteiger partial charge on any atom is 0.326 e. The van der Waals surface area contributed by atoms with Gasteiger partial charge in [0.25, 0.3) is 0 Å². The number of benzene rings is 1. The number of carboxylic acids is 1. The molecule has 1 unspecified atom stereocenters. The summed E-state index contributed by atoms with van der Waals surface area (Å²) in [6.07, 6.45) is 0. The van der Waals surface area contributed by atoms with Crippen LogP contribution in [0.1, 0.15) is 37.1 Å². The molecule has 0 fully saturated rings. The lowest BCUT2D eigenvalue weighted by Gasteiger charge is -2.05. The first-order chi connectivity index (χ1) is 8.99. The Bertz CT molecular complexity index is 575. The van der Waals surface area contributed by atoms with Crippen LogP contribution in [0.2, 0.25) is 0 Å². The third kappa shape index (κ3) is 3.00. The van der Waals surface area contributed by atoms with E-state index in [9.17, 15) is 4.79 Å². The van der Waals surface area contributed by atoms with Crippen LogP contribution in [0, 0.1) is 0 Å². The second-order valence-corrected chi connectivity index (χ2v) is 5.53. The molecule has 0 aliphatic heterocycles. The molecule has 0 aliphatic carbocycles. The highest BCUT2D eigenvalue weighted by atomic mass is 32.1. The summed E-state index contributed by atoms with van der Waals surface area (Å²) in [5, 5.41) is 11.3. The molecule has 19 heavy (non-hydrogen) atoms. The van der Waals surface area contributed by atoms with E-state index in [2.05, 4.69) is 31.0 Å². The molecule has 0 saturated heterocycles. The van der Waals surface area contributed by atoms with Crippen LogP contribution in [-0.4, -0.2) is 16.1 Å². The van der Waals surface area contributed by atoms with Crippen LogP contribution in [-0.2, 0) is 4.79 Å². The van der Waals surface area contributed by atoms with Crippen molar-refractivity contribution in [2.75, 3.05) is 0 Å². The van der Waals surface area contributed by atoms with Gasteiger partial charge in [-0.1, -0.05) is 38.1 Å². The molecular formula is C14H16N2O2S. The zero-order valence-electron chi connectivity index (χ0n) is 10.8. The van der Waals surface area contributed by atoms with Gasteiger partial charge in [-0.2, -0.15) is 0 Å². The number of rotatable bonds is 4. The van der Waals surface area contributed by atoms with Gasteiger partial charge < -0.3 is 10.8 Å². The Labute approximate surface area is 115 Å². The van der Waals surface area contributed by atoms with Crippen LogP contribution in [0.5, 0.6) is 0 Å². The summed E-state index contributed by atoms with van der Waals surface area (Å²) in [5.74, 6) is -0.576. The monoisotopic (exact) mass is 276 g/mol. The first kappa shape index (κ1) is 13.7. The van der Waals surface area contributed by atoms with Gasteiger partial charge in [0.15, 0.2) is 0 Å². The van der Waals surface area contributed by atoms with Crippen molar-refractivity contribution >= 4 is 17.3 Å². The fraction of sp³-hybridized carbons (Fsp3) is 0.286. The normalized spacial score (nSPS) is 12.6. The maximum absolute atomic E-state index is 10.8. The van der Waals surface area contributed by atoms with Crippen LogP contribution in [0.25, 0.3) is 10.6 Å². The van der Waals surface area contributed by atoms with E-state index in [4.69, 9.17) is 10.8 Å². The van der Waals surface area contributed by atoms with Crippen molar-refractivity contribution < 1.29 is 9.90 Å². The molecule has 1 atom stereocenters. The van der Waals surface area contributed by atoms with Crippen LogP contribution in [0.15, 0.2) is 29.6 Å². The van der Waals surface area contributed by atoms with Crippen molar-refractivity contribution in [3.63, 3.8) is 0 Å². The third-order valence-electron chi connectivity index (χ3n) is 2.93. The lowest BCUT2D eigenvalue weighted by atomic mass is 10.0. The Morgan fingerprint density at radius 1 is 1.32 bits per heavy atom. The molecule has 3 N–H and O–H groups in total. The van der Waals surface area contributed by atoms with Gasteiger partial charge in [-0.15, -0.1) is 11.3 Å². The first-order valence-corrected chi connectivity index (χ1v) is 6.91. The summed E-state index contributed by atoms with van der Waals surface area (Å²) < 4.78 is 0. The summed E-state index contributed by atoms with van der Waals surface area (Å²) in [6.45, 7) is 4.28. The summed E-state index contributed by atoms with van der Waals surface area (Å²) in [5.41, 5.74) is 8.19. The van der Waals surface area contributed by atoms with Crippen molar-refractivity contribution in [3.8, 4) is 10.6 Å². The number of hydrogen-bond acceptors (Lipinski definition) is 4. The molecule has 2 aromatic rings. The molecule has 0 amide bonds. The number of hydrogen-bond donors (Lipinski definition) is 2. The molecule has 1 aromatic carbocycles. The quantitative estimate of drug-likeness (QED) is 0.900. The fourth-order valence-electron chi connectivity index (χ4n) is 1.70. The Morgan fingerprint density at radius 3 is 2.47 bits per heavy atom. The van der Waals surface area contributed by atoms with Gasteiger partial charge in [0.05, 0.1) is 5.69 Å². The fourth-order valence-corrected chi connectivity index (χ4v) is 2.56. The predicted octanol–water partition coefficient (Wildman–Crippen LogP) is 3.02. The Hall–Kier alpha value is -1.72. The molecule has 1 aromatic heterocycles. The summed E-state index contributed by atoms with van der Waals surface area (Å²) in [7, 11) is 0. The molecule has 0 aliphatic rings. The van der Waals surface area contributed by atoms with E-state index >= 15 is 0 Å². The minimum Gasteiger partial charge on any atom is -0.480 e. The minimum absolute atomic E-state index is 0.403. The molecule has 2 rings (SSSR count). The zero-order valence-corrected chi connectivity index (χ0v) is 11.6. The van der Waals surface area contributed by atoms with Gasteiger partial charge in [0.1, 0.15) is 11.0 Å². The largest absolute Gasteiger partial charge is 0.480 e. The SMILES string of the molecule is CC(C)c1ccc(-c2nc(C(N)C(=O)O)cs2)cc1. The van der Waals surface area contributed by atoms with E-state index in [1.54, 1.807) is 5.38 Å². The second kappa shape index (κ2) is 5.50. The third-order valence-corrected chi connectivity index (χ3v) is 3.84. The van der Waals surface area contributed by atoms with Gasteiger partial charge in [0, 0.05) is 10.9 Å². The molecule has 0 saturated carbocycles. The molecule has 1 heterocycles. The van der Waals surface area contributed by atoms with Crippen LogP contribution in [0.4, 0.5) is 0 Å². The van der Waals surface area contributed by atoms with E-state index in [1.165, 1.54) is 16.9 Å². The molecule has 0 radical (unpaired) electrons. The van der Waals surface area contributed by atoms with Gasteiger partial charge in [-0.25, -0.2) is 4.98 Å². The molecule has 100 valence electrons. The number of nitrogens with zero attached hydrogens (tertiary/aromatic N) is 1. The van der Waals surface area contributed by atoms with Crippen molar-refractivity contribution in [2.45, 2.75) is 25.8 Å². The Balaban J connectivity index is 2.25. The Morgan fingerprint density at radius 2 is 1.95 bits per heavy atom. The lowest BCUT2D eigenvalue weighted by molar-refractivity contribution is -0.138. The number of aliphatic carboxylic acids is 1. The van der Waals surface area contributed by atoms with Crippen molar-refractivity contribution in [1.82, 2.24) is 4.98 Å². The van der Waals surface area contributed by atoms with Gasteiger partial charge >= 0.3 is 5.97 Å². The van der Waals surface area contributed by atoms with Crippen molar-refractivity contribution in [2.24, 2.45) is 5.73 Å². The Kier molecular flexibility index (Phi) is 3.97. The second-order valence-electron chi connectivity index (χ2n) is 4.67. The molecule has 5 heteroatoms. The van der Waals surface area contributed by atoms with Gasteiger partial charge in [0.2, 0.25) is 0 Å². The zero-order chi connectivity index (χ0) is 14.0. The number of thiazole rings is 1. The van der Waals surface area contributed by atoms with Gasteiger partial charge in [-0.05, 0) is 11.5 Å². The van der Waals surface area contributed by atoms with Crippen LogP contribution < -0.4 is 5.73 Å². The summed E-state index contributed by atoms with van der Waals surface area (Å²) in [6, 6.07) is 7.09. The van der Waals surface area contributed by atoms with Crippen molar-refractivity contribution in [3.05, 3.63) is 40.9 Å². The number of aromatic nitrogens is 1. The molecule has 0 spiro atoms. The number of nitrogens with two attached hydrogens (primary N) is 1. The number of carboxylic acid groups (broad SMARTS) is 1. The highest BCUT2D eigenvalue weighted by Crippen LogP contribution is 2.27. The predicted molar refractivity (Wildman–Crippen MR) is 76.2 cm³/mol. The van der Waals surface area contributed by atoms with E-state index < -0.39 is 12.0 Å². The molecule has 0 bridgehead atoms. The highest BCUT2D eigenvalue weighted by molar-refractivity contribution is 7.13. The smallest absolute Gasteiger partial charge is 0.326 e.